The molecule has 0 bridgehead atoms. The summed E-state index contributed by atoms with van der Waals surface area (Å²) in [6.07, 6.45) is 0. The van der Waals surface area contributed by atoms with Gasteiger partial charge in [0.25, 0.3) is 10.0 Å². The summed E-state index contributed by atoms with van der Waals surface area (Å²) in [6.45, 7) is 1.59. The highest BCUT2D eigenvalue weighted by atomic mass is 79.9. The number of anilines is 1. The van der Waals surface area contributed by atoms with Crippen LogP contribution in [0.25, 0.3) is 0 Å². The Morgan fingerprint density at radius 1 is 1.24 bits per heavy atom. The molecule has 0 atom stereocenters. The Morgan fingerprint density at radius 2 is 1.95 bits per heavy atom. The molecule has 0 saturated carbocycles. The van der Waals surface area contributed by atoms with Crippen molar-refractivity contribution in [1.29, 1.82) is 0 Å². The monoisotopic (exact) mass is 389 g/mol. The van der Waals surface area contributed by atoms with Gasteiger partial charge >= 0.3 is 0 Å². The second-order valence-electron chi connectivity index (χ2n) is 4.48. The smallest absolute Gasteiger partial charge is 0.261 e. The molecule has 0 unspecified atom stereocenters. The van der Waals surface area contributed by atoms with E-state index < -0.39 is 10.0 Å². The largest absolute Gasteiger partial charge is 0.392 e. The van der Waals surface area contributed by atoms with Crippen molar-refractivity contribution in [2.75, 3.05) is 4.72 Å². The first-order valence-corrected chi connectivity index (χ1v) is 8.67. The van der Waals surface area contributed by atoms with Gasteiger partial charge in [0.05, 0.1) is 22.2 Å². The van der Waals surface area contributed by atoms with Crippen molar-refractivity contribution in [3.05, 3.63) is 57.0 Å². The molecule has 0 spiro atoms. The zero-order chi connectivity index (χ0) is 15.6. The Labute approximate surface area is 136 Å². The average molecular weight is 391 g/mol. The van der Waals surface area contributed by atoms with Crippen molar-refractivity contribution >= 4 is 43.2 Å². The van der Waals surface area contributed by atoms with Crippen LogP contribution in [0.2, 0.25) is 5.02 Å². The maximum atomic E-state index is 12.4. The van der Waals surface area contributed by atoms with Gasteiger partial charge in [-0.1, -0.05) is 33.6 Å². The third-order valence-electron chi connectivity index (χ3n) is 2.98. The van der Waals surface area contributed by atoms with Crippen LogP contribution in [0.3, 0.4) is 0 Å². The Hall–Kier alpha value is -1.08. The molecule has 0 heterocycles. The predicted octanol–water partition coefficient (Wildman–Crippen LogP) is 3.70. The van der Waals surface area contributed by atoms with Gasteiger partial charge in [-0.25, -0.2) is 8.42 Å². The van der Waals surface area contributed by atoms with E-state index in [9.17, 15) is 13.5 Å². The van der Waals surface area contributed by atoms with Gasteiger partial charge < -0.3 is 5.11 Å². The van der Waals surface area contributed by atoms with Gasteiger partial charge in [0.1, 0.15) is 0 Å². The molecule has 0 fully saturated rings. The fraction of sp³-hybridized carbons (Fsp3) is 0.143. The number of sulfonamides is 1. The predicted molar refractivity (Wildman–Crippen MR) is 87.1 cm³/mol. The van der Waals surface area contributed by atoms with E-state index in [1.807, 2.05) is 0 Å². The van der Waals surface area contributed by atoms with E-state index in [1.165, 1.54) is 12.1 Å². The SMILES string of the molecule is Cc1ccc(S(=O)(=O)Nc2ccc(Br)cc2Cl)cc1CO. The average Bonchev–Trinajstić information content (AvgIpc) is 2.42. The minimum absolute atomic E-state index is 0.0798. The van der Waals surface area contributed by atoms with Crippen molar-refractivity contribution in [2.24, 2.45) is 0 Å². The molecule has 21 heavy (non-hydrogen) atoms. The van der Waals surface area contributed by atoms with E-state index in [0.717, 1.165) is 10.0 Å². The van der Waals surface area contributed by atoms with Crippen molar-refractivity contribution in [3.63, 3.8) is 0 Å². The Bertz CT molecular complexity index is 778. The zero-order valence-electron chi connectivity index (χ0n) is 11.1. The zero-order valence-corrected chi connectivity index (χ0v) is 14.3. The van der Waals surface area contributed by atoms with Crippen molar-refractivity contribution in [3.8, 4) is 0 Å². The molecule has 2 aromatic carbocycles. The van der Waals surface area contributed by atoms with Crippen LogP contribution in [0, 0.1) is 6.92 Å². The summed E-state index contributed by atoms with van der Waals surface area (Å²) in [5.74, 6) is 0. The Morgan fingerprint density at radius 3 is 2.57 bits per heavy atom. The first-order chi connectivity index (χ1) is 9.83. The molecule has 0 aliphatic heterocycles. The van der Waals surface area contributed by atoms with E-state index in [4.69, 9.17) is 11.6 Å². The minimum Gasteiger partial charge on any atom is -0.392 e. The molecule has 4 nitrogen and oxygen atoms in total. The van der Waals surface area contributed by atoms with Crippen molar-refractivity contribution in [2.45, 2.75) is 18.4 Å². The van der Waals surface area contributed by atoms with E-state index in [-0.39, 0.29) is 11.5 Å². The quantitative estimate of drug-likeness (QED) is 0.836. The first kappa shape index (κ1) is 16.3. The summed E-state index contributed by atoms with van der Waals surface area (Å²) >= 11 is 9.27. The van der Waals surface area contributed by atoms with Crippen LogP contribution in [-0.4, -0.2) is 13.5 Å². The van der Waals surface area contributed by atoms with E-state index in [2.05, 4.69) is 20.7 Å². The van der Waals surface area contributed by atoms with Crippen LogP contribution in [0.4, 0.5) is 5.69 Å². The summed E-state index contributed by atoms with van der Waals surface area (Å²) in [4.78, 5) is 0.0798. The first-order valence-electron chi connectivity index (χ1n) is 6.02. The van der Waals surface area contributed by atoms with Gasteiger partial charge in [-0.15, -0.1) is 0 Å². The summed E-state index contributed by atoms with van der Waals surface area (Å²) < 4.78 is 27.9. The molecule has 0 radical (unpaired) electrons. The highest BCUT2D eigenvalue weighted by Crippen LogP contribution is 2.28. The fourth-order valence-corrected chi connectivity index (χ4v) is 3.67. The molecule has 2 rings (SSSR count). The van der Waals surface area contributed by atoms with Crippen LogP contribution in [0.15, 0.2) is 45.8 Å². The van der Waals surface area contributed by atoms with Gasteiger partial charge in [0.2, 0.25) is 0 Å². The summed E-state index contributed by atoms with van der Waals surface area (Å²) in [5.41, 5.74) is 1.70. The molecule has 112 valence electrons. The van der Waals surface area contributed by atoms with Gasteiger partial charge in [-0.3, -0.25) is 4.72 Å². The Kier molecular flexibility index (Phi) is 4.93. The van der Waals surface area contributed by atoms with Crippen LogP contribution < -0.4 is 4.72 Å². The van der Waals surface area contributed by atoms with Gasteiger partial charge in [-0.2, -0.15) is 0 Å². The topological polar surface area (TPSA) is 66.4 Å². The lowest BCUT2D eigenvalue weighted by atomic mass is 10.1. The minimum atomic E-state index is -3.76. The van der Waals surface area contributed by atoms with E-state index >= 15 is 0 Å². The number of halogens is 2. The maximum absolute atomic E-state index is 12.4. The van der Waals surface area contributed by atoms with Crippen LogP contribution in [-0.2, 0) is 16.6 Å². The van der Waals surface area contributed by atoms with Crippen LogP contribution in [0.5, 0.6) is 0 Å². The molecule has 0 saturated heterocycles. The van der Waals surface area contributed by atoms with Crippen LogP contribution in [0.1, 0.15) is 11.1 Å². The normalized spacial score (nSPS) is 11.4. The second-order valence-corrected chi connectivity index (χ2v) is 7.48. The van der Waals surface area contributed by atoms with Gasteiger partial charge in [0.15, 0.2) is 0 Å². The molecule has 7 heteroatoms. The van der Waals surface area contributed by atoms with Crippen molar-refractivity contribution in [1.82, 2.24) is 0 Å². The number of rotatable bonds is 4. The molecule has 0 amide bonds. The summed E-state index contributed by atoms with van der Waals surface area (Å²) in [5, 5.41) is 9.53. The fourth-order valence-electron chi connectivity index (χ4n) is 1.76. The lowest BCUT2D eigenvalue weighted by Crippen LogP contribution is -2.13. The van der Waals surface area contributed by atoms with Gasteiger partial charge in [-0.05, 0) is 48.4 Å². The number of nitrogens with one attached hydrogen (secondary N) is 1. The van der Waals surface area contributed by atoms with Crippen LogP contribution >= 0.6 is 27.5 Å². The molecule has 2 N–H and O–H groups in total. The summed E-state index contributed by atoms with van der Waals surface area (Å²) in [7, 11) is -3.76. The molecular weight excluding hydrogens is 378 g/mol. The van der Waals surface area contributed by atoms with E-state index in [0.29, 0.717) is 16.3 Å². The molecular formula is C14H13BrClNO3S. The third kappa shape index (κ3) is 3.77. The standard InChI is InChI=1S/C14H13BrClNO3S/c1-9-2-4-12(6-10(9)8-18)21(19,20)17-14-5-3-11(15)7-13(14)16/h2-7,17-18H,8H2,1H3. The van der Waals surface area contributed by atoms with Gasteiger partial charge in [0, 0.05) is 4.47 Å². The summed E-state index contributed by atoms with van der Waals surface area (Å²) in [6, 6.07) is 9.47. The number of hydrogen-bond acceptors (Lipinski definition) is 3. The Balaban J connectivity index is 2.38. The molecule has 0 aliphatic rings. The number of aryl methyl sites for hydroxylation is 1. The third-order valence-corrected chi connectivity index (χ3v) is 5.15. The highest BCUT2D eigenvalue weighted by Gasteiger charge is 2.17. The number of benzene rings is 2. The lowest BCUT2D eigenvalue weighted by Gasteiger charge is -2.11. The lowest BCUT2D eigenvalue weighted by molar-refractivity contribution is 0.281. The maximum Gasteiger partial charge on any atom is 0.261 e. The molecule has 0 aromatic heterocycles. The number of hydrogen-bond donors (Lipinski definition) is 2. The van der Waals surface area contributed by atoms with Crippen molar-refractivity contribution < 1.29 is 13.5 Å². The highest BCUT2D eigenvalue weighted by molar-refractivity contribution is 9.10. The number of aliphatic hydroxyl groups excluding tert-OH is 1. The molecule has 0 aliphatic carbocycles. The molecule has 2 aromatic rings. The van der Waals surface area contributed by atoms with E-state index in [1.54, 1.807) is 31.2 Å². The second kappa shape index (κ2) is 6.36. The number of aliphatic hydroxyl groups is 1.